The molecule has 4 nitrogen and oxygen atoms in total. The van der Waals surface area contributed by atoms with Crippen molar-refractivity contribution in [2.45, 2.75) is 19.3 Å². The van der Waals surface area contributed by atoms with Crippen molar-refractivity contribution < 1.29 is 23.4 Å². The molecule has 1 heterocycles. The fourth-order valence-electron chi connectivity index (χ4n) is 3.84. The van der Waals surface area contributed by atoms with Crippen molar-refractivity contribution in [3.63, 3.8) is 0 Å². The van der Waals surface area contributed by atoms with Gasteiger partial charge in [0, 0.05) is 30.1 Å². The number of hydrogen-bond acceptors (Lipinski definition) is 3. The van der Waals surface area contributed by atoms with E-state index in [1.165, 1.54) is 12.1 Å². The van der Waals surface area contributed by atoms with Gasteiger partial charge in [-0.1, -0.05) is 24.8 Å². The van der Waals surface area contributed by atoms with E-state index in [0.717, 1.165) is 6.07 Å². The molecule has 0 radical (unpaired) electrons. The van der Waals surface area contributed by atoms with Gasteiger partial charge in [-0.3, -0.25) is 4.79 Å². The maximum absolute atomic E-state index is 14.2. The van der Waals surface area contributed by atoms with Gasteiger partial charge in [-0.2, -0.15) is 0 Å². The lowest BCUT2D eigenvalue weighted by molar-refractivity contribution is 0.0268. The highest BCUT2D eigenvalue weighted by atomic mass is 19.1. The van der Waals surface area contributed by atoms with E-state index >= 15 is 0 Å². The molecule has 0 bridgehead atoms. The summed E-state index contributed by atoms with van der Waals surface area (Å²) in [6.07, 6.45) is 3.22. The molecule has 1 amide bonds. The summed E-state index contributed by atoms with van der Waals surface area (Å²) in [7, 11) is 0. The Hall–Kier alpha value is -2.73. The van der Waals surface area contributed by atoms with Gasteiger partial charge in [0.05, 0.1) is 6.61 Å². The lowest BCUT2D eigenvalue weighted by Gasteiger charge is -2.42. The van der Waals surface area contributed by atoms with Gasteiger partial charge in [0.25, 0.3) is 5.91 Å². The zero-order valence-corrected chi connectivity index (χ0v) is 16.2. The van der Waals surface area contributed by atoms with E-state index in [9.17, 15) is 18.7 Å². The van der Waals surface area contributed by atoms with Crippen molar-refractivity contribution in [2.75, 3.05) is 26.3 Å². The van der Waals surface area contributed by atoms with Crippen LogP contribution in [0.15, 0.2) is 55.1 Å². The molecular formula is C23H25F2NO3. The molecular weight excluding hydrogens is 376 g/mol. The zero-order chi connectivity index (χ0) is 20.9. The molecule has 1 aliphatic heterocycles. The topological polar surface area (TPSA) is 49.8 Å². The van der Waals surface area contributed by atoms with Crippen LogP contribution in [-0.4, -0.2) is 42.2 Å². The SMILES string of the molecule is C=CCOc1cccc(C(=O)N2CCCC(CO)(Cc3ccc(F)cc3F)C2)c1. The average Bonchev–Trinajstić information content (AvgIpc) is 2.74. The maximum Gasteiger partial charge on any atom is 0.254 e. The highest BCUT2D eigenvalue weighted by Gasteiger charge is 2.37. The number of rotatable bonds is 7. The Balaban J connectivity index is 1.77. The lowest BCUT2D eigenvalue weighted by atomic mass is 9.75. The van der Waals surface area contributed by atoms with Crippen LogP contribution in [0.5, 0.6) is 5.75 Å². The predicted octanol–water partition coefficient (Wildman–Crippen LogP) is 3.99. The number of carbonyl (C=O) groups is 1. The number of carbonyl (C=O) groups excluding carboxylic acids is 1. The Bertz CT molecular complexity index is 886. The molecule has 6 heteroatoms. The third-order valence-electron chi connectivity index (χ3n) is 5.31. The molecule has 29 heavy (non-hydrogen) atoms. The smallest absolute Gasteiger partial charge is 0.254 e. The van der Waals surface area contributed by atoms with E-state index in [2.05, 4.69) is 6.58 Å². The number of aliphatic hydroxyl groups is 1. The average molecular weight is 401 g/mol. The van der Waals surface area contributed by atoms with Crippen LogP contribution in [0, 0.1) is 17.0 Å². The molecule has 1 saturated heterocycles. The Labute approximate surface area is 169 Å². The van der Waals surface area contributed by atoms with Gasteiger partial charge in [0.2, 0.25) is 0 Å². The first-order valence-corrected chi connectivity index (χ1v) is 9.64. The summed E-state index contributed by atoms with van der Waals surface area (Å²) < 4.78 is 32.9. The molecule has 1 atom stereocenters. The van der Waals surface area contributed by atoms with Gasteiger partial charge in [-0.25, -0.2) is 8.78 Å². The number of hydrogen-bond donors (Lipinski definition) is 1. The summed E-state index contributed by atoms with van der Waals surface area (Å²) in [5.41, 5.74) is 0.173. The molecule has 0 aromatic heterocycles. The highest BCUT2D eigenvalue weighted by molar-refractivity contribution is 5.94. The van der Waals surface area contributed by atoms with Gasteiger partial charge in [-0.05, 0) is 49.1 Å². The normalized spacial score (nSPS) is 19.1. The standard InChI is InChI=1S/C23H25F2NO3/c1-2-11-29-20-6-3-5-17(12-20)22(28)26-10-4-9-23(15-26,16-27)14-18-7-8-19(24)13-21(18)25/h2-3,5-8,12-13,27H,1,4,9-11,14-16H2. The highest BCUT2D eigenvalue weighted by Crippen LogP contribution is 2.35. The van der Waals surface area contributed by atoms with Gasteiger partial charge < -0.3 is 14.7 Å². The van der Waals surface area contributed by atoms with Crippen LogP contribution >= 0.6 is 0 Å². The molecule has 1 fully saturated rings. The first-order chi connectivity index (χ1) is 14.0. The Morgan fingerprint density at radius 3 is 2.83 bits per heavy atom. The van der Waals surface area contributed by atoms with E-state index in [1.54, 1.807) is 35.2 Å². The summed E-state index contributed by atoms with van der Waals surface area (Å²) in [5.74, 6) is -0.850. The van der Waals surface area contributed by atoms with Crippen molar-refractivity contribution in [2.24, 2.45) is 5.41 Å². The van der Waals surface area contributed by atoms with Crippen molar-refractivity contribution in [3.8, 4) is 5.75 Å². The summed E-state index contributed by atoms with van der Waals surface area (Å²) in [6.45, 7) is 4.63. The van der Waals surface area contributed by atoms with E-state index < -0.39 is 17.0 Å². The third-order valence-corrected chi connectivity index (χ3v) is 5.31. The lowest BCUT2D eigenvalue weighted by Crippen LogP contribution is -2.49. The molecule has 2 aromatic carbocycles. The monoisotopic (exact) mass is 401 g/mol. The number of likely N-dealkylation sites (tertiary alicyclic amines) is 1. The van der Waals surface area contributed by atoms with Crippen LogP contribution in [0.2, 0.25) is 0 Å². The van der Waals surface area contributed by atoms with Gasteiger partial charge in [0.1, 0.15) is 24.0 Å². The van der Waals surface area contributed by atoms with Crippen molar-refractivity contribution in [1.82, 2.24) is 4.90 Å². The Morgan fingerprint density at radius 1 is 1.28 bits per heavy atom. The van der Waals surface area contributed by atoms with E-state index in [-0.39, 0.29) is 18.9 Å². The summed E-state index contributed by atoms with van der Waals surface area (Å²) in [5, 5.41) is 10.1. The minimum atomic E-state index is -0.663. The summed E-state index contributed by atoms with van der Waals surface area (Å²) in [4.78, 5) is 14.7. The third kappa shape index (κ3) is 5.01. The number of aliphatic hydroxyl groups excluding tert-OH is 1. The van der Waals surface area contributed by atoms with Crippen LogP contribution < -0.4 is 4.74 Å². The van der Waals surface area contributed by atoms with E-state index in [4.69, 9.17) is 4.74 Å². The predicted molar refractivity (Wildman–Crippen MR) is 107 cm³/mol. The number of benzene rings is 2. The molecule has 1 aliphatic rings. The fourth-order valence-corrected chi connectivity index (χ4v) is 3.84. The minimum absolute atomic E-state index is 0.161. The number of amides is 1. The van der Waals surface area contributed by atoms with Crippen LogP contribution in [-0.2, 0) is 6.42 Å². The van der Waals surface area contributed by atoms with Crippen LogP contribution in [0.3, 0.4) is 0 Å². The quantitative estimate of drug-likeness (QED) is 0.714. The van der Waals surface area contributed by atoms with Gasteiger partial charge in [0.15, 0.2) is 0 Å². The fraction of sp³-hybridized carbons (Fsp3) is 0.348. The van der Waals surface area contributed by atoms with Crippen molar-refractivity contribution >= 4 is 5.91 Å². The van der Waals surface area contributed by atoms with E-state index in [0.29, 0.717) is 49.4 Å². The second kappa shape index (κ2) is 9.18. The van der Waals surface area contributed by atoms with Gasteiger partial charge >= 0.3 is 0 Å². The Morgan fingerprint density at radius 2 is 2.10 bits per heavy atom. The maximum atomic E-state index is 14.2. The number of nitrogens with zero attached hydrogens (tertiary/aromatic N) is 1. The molecule has 0 saturated carbocycles. The van der Waals surface area contributed by atoms with Crippen molar-refractivity contribution in [1.29, 1.82) is 0 Å². The van der Waals surface area contributed by atoms with Crippen LogP contribution in [0.25, 0.3) is 0 Å². The molecule has 0 aliphatic carbocycles. The number of ether oxygens (including phenoxy) is 1. The molecule has 1 N–H and O–H groups in total. The molecule has 1 unspecified atom stereocenters. The minimum Gasteiger partial charge on any atom is -0.490 e. The Kier molecular flexibility index (Phi) is 6.64. The van der Waals surface area contributed by atoms with E-state index in [1.807, 2.05) is 0 Å². The van der Waals surface area contributed by atoms with Crippen LogP contribution in [0.1, 0.15) is 28.8 Å². The molecule has 154 valence electrons. The second-order valence-corrected chi connectivity index (χ2v) is 7.53. The first kappa shape index (κ1) is 21.0. The molecule has 0 spiro atoms. The summed E-state index contributed by atoms with van der Waals surface area (Å²) in [6, 6.07) is 10.4. The second-order valence-electron chi connectivity index (χ2n) is 7.53. The number of piperidine rings is 1. The number of halogens is 2. The van der Waals surface area contributed by atoms with Gasteiger partial charge in [-0.15, -0.1) is 0 Å². The molecule has 2 aromatic rings. The van der Waals surface area contributed by atoms with Crippen LogP contribution in [0.4, 0.5) is 8.78 Å². The summed E-state index contributed by atoms with van der Waals surface area (Å²) >= 11 is 0. The first-order valence-electron chi connectivity index (χ1n) is 9.64. The largest absolute Gasteiger partial charge is 0.490 e. The van der Waals surface area contributed by atoms with Crippen molar-refractivity contribution in [3.05, 3.63) is 77.9 Å². The molecule has 3 rings (SSSR count). The zero-order valence-electron chi connectivity index (χ0n) is 16.2.